The van der Waals surface area contributed by atoms with E-state index in [-0.39, 0.29) is 5.91 Å². The highest BCUT2D eigenvalue weighted by Gasteiger charge is 2.26. The molecule has 6 heteroatoms. The van der Waals surface area contributed by atoms with Gasteiger partial charge in [0.1, 0.15) is 5.69 Å². The maximum Gasteiger partial charge on any atom is 0.265 e. The molecular weight excluding hydrogens is 410 g/mol. The molecule has 5 rings (SSSR count). The fourth-order valence-corrected chi connectivity index (χ4v) is 5.66. The molecule has 2 aromatic heterocycles. The predicted molar refractivity (Wildman–Crippen MR) is 133 cm³/mol. The summed E-state index contributed by atoms with van der Waals surface area (Å²) in [7, 11) is 0. The van der Waals surface area contributed by atoms with Gasteiger partial charge in [0, 0.05) is 55.5 Å². The van der Waals surface area contributed by atoms with E-state index >= 15 is 0 Å². The summed E-state index contributed by atoms with van der Waals surface area (Å²) in [4.78, 5) is 21.8. The highest BCUT2D eigenvalue weighted by Crippen LogP contribution is 2.35. The van der Waals surface area contributed by atoms with E-state index in [1.807, 2.05) is 30.6 Å². The van der Waals surface area contributed by atoms with E-state index in [9.17, 15) is 4.79 Å². The largest absolute Gasteiger partial charge is 0.364 e. The van der Waals surface area contributed by atoms with Crippen LogP contribution in [-0.4, -0.2) is 64.5 Å². The molecule has 0 saturated carbocycles. The summed E-state index contributed by atoms with van der Waals surface area (Å²) in [6.07, 6.45) is 11.2. The van der Waals surface area contributed by atoms with E-state index in [0.717, 1.165) is 54.5 Å². The van der Waals surface area contributed by atoms with Crippen LogP contribution in [0.2, 0.25) is 0 Å². The molecule has 3 aromatic rings. The molecule has 2 saturated heterocycles. The molecule has 0 spiro atoms. The number of aromatic nitrogens is 2. The van der Waals surface area contributed by atoms with Gasteiger partial charge in [-0.1, -0.05) is 25.0 Å². The van der Waals surface area contributed by atoms with E-state index in [4.69, 9.17) is 5.73 Å². The van der Waals surface area contributed by atoms with Gasteiger partial charge in [-0.25, -0.2) is 0 Å². The van der Waals surface area contributed by atoms with Crippen LogP contribution in [0.25, 0.3) is 22.0 Å². The Balaban J connectivity index is 1.33. The Morgan fingerprint density at radius 3 is 2.24 bits per heavy atom. The third-order valence-corrected chi connectivity index (χ3v) is 7.48. The van der Waals surface area contributed by atoms with Crippen LogP contribution < -0.4 is 5.73 Å². The second kappa shape index (κ2) is 10.1. The van der Waals surface area contributed by atoms with Crippen LogP contribution >= 0.6 is 0 Å². The number of hydrogen-bond acceptors (Lipinski definition) is 4. The molecule has 1 aromatic carbocycles. The van der Waals surface area contributed by atoms with E-state index in [1.54, 1.807) is 0 Å². The number of benzene rings is 1. The van der Waals surface area contributed by atoms with Crippen LogP contribution in [0.15, 0.2) is 48.8 Å². The number of rotatable bonds is 6. The van der Waals surface area contributed by atoms with Crippen molar-refractivity contribution < 1.29 is 4.79 Å². The molecule has 4 heterocycles. The zero-order valence-electron chi connectivity index (χ0n) is 19.5. The Hall–Kier alpha value is -2.70. The Morgan fingerprint density at radius 2 is 1.58 bits per heavy atom. The number of hydrogen-bond donors (Lipinski definition) is 1. The maximum absolute atomic E-state index is 12.4. The molecular formula is C27H35N5O. The standard InChI is InChI=1S/C27H35N5O/c28-27(33)26-20-24-23(21-8-12-29-13-9-21)6-5-7-25(24)32(26)22-10-16-31(17-11-22)19-18-30-14-3-1-2-4-15-30/h5-9,12-13,20,22H,1-4,10-11,14-19H2,(H2,28,33). The summed E-state index contributed by atoms with van der Waals surface area (Å²) >= 11 is 0. The fraction of sp³-hybridized carbons (Fsp3) is 0.481. The minimum absolute atomic E-state index is 0.298. The van der Waals surface area contributed by atoms with Crippen LogP contribution in [0.4, 0.5) is 0 Å². The molecule has 2 aliphatic rings. The molecule has 2 N–H and O–H groups in total. The van der Waals surface area contributed by atoms with Gasteiger partial charge >= 0.3 is 0 Å². The highest BCUT2D eigenvalue weighted by molar-refractivity contribution is 6.03. The molecule has 0 atom stereocenters. The monoisotopic (exact) mass is 445 g/mol. The van der Waals surface area contributed by atoms with Crippen molar-refractivity contribution >= 4 is 16.8 Å². The van der Waals surface area contributed by atoms with Gasteiger partial charge in [-0.2, -0.15) is 0 Å². The number of primary amides is 1. The molecule has 6 nitrogen and oxygen atoms in total. The molecule has 0 radical (unpaired) electrons. The molecule has 174 valence electrons. The lowest BCUT2D eigenvalue weighted by molar-refractivity contribution is 0.0984. The van der Waals surface area contributed by atoms with Crippen molar-refractivity contribution in [2.45, 2.75) is 44.6 Å². The van der Waals surface area contributed by atoms with Crippen LogP contribution in [0.1, 0.15) is 55.1 Å². The van der Waals surface area contributed by atoms with Gasteiger partial charge in [-0.3, -0.25) is 9.78 Å². The number of pyridine rings is 1. The fourth-order valence-electron chi connectivity index (χ4n) is 5.66. The number of carbonyl (C=O) groups is 1. The molecule has 0 aliphatic carbocycles. The Labute approximate surface area is 196 Å². The quantitative estimate of drug-likeness (QED) is 0.614. The first-order valence-corrected chi connectivity index (χ1v) is 12.5. The Kier molecular flexibility index (Phi) is 6.74. The van der Waals surface area contributed by atoms with E-state index in [2.05, 4.69) is 37.5 Å². The molecule has 2 fully saturated rings. The SMILES string of the molecule is NC(=O)c1cc2c(-c3ccncc3)cccc2n1C1CCN(CCN2CCCCCC2)CC1. The number of carbonyl (C=O) groups excluding carboxylic acids is 1. The third-order valence-electron chi connectivity index (χ3n) is 7.48. The Morgan fingerprint density at radius 1 is 0.909 bits per heavy atom. The summed E-state index contributed by atoms with van der Waals surface area (Å²) in [6, 6.07) is 12.6. The van der Waals surface area contributed by atoms with Crippen LogP contribution in [0, 0.1) is 0 Å². The van der Waals surface area contributed by atoms with Gasteiger partial charge < -0.3 is 20.1 Å². The molecule has 1 amide bonds. The molecule has 0 bridgehead atoms. The number of amides is 1. The van der Waals surface area contributed by atoms with E-state index in [1.165, 1.54) is 45.3 Å². The van der Waals surface area contributed by atoms with E-state index in [0.29, 0.717) is 11.7 Å². The number of piperidine rings is 1. The van der Waals surface area contributed by atoms with Gasteiger partial charge in [0.05, 0.1) is 0 Å². The van der Waals surface area contributed by atoms with Crippen molar-refractivity contribution in [3.05, 3.63) is 54.5 Å². The van der Waals surface area contributed by atoms with Gasteiger partial charge in [0.2, 0.25) is 0 Å². The van der Waals surface area contributed by atoms with Crippen molar-refractivity contribution in [3.8, 4) is 11.1 Å². The third kappa shape index (κ3) is 4.82. The van der Waals surface area contributed by atoms with Crippen molar-refractivity contribution in [1.29, 1.82) is 0 Å². The Bertz CT molecular complexity index is 1080. The zero-order chi connectivity index (χ0) is 22.6. The summed E-state index contributed by atoms with van der Waals surface area (Å²) in [5.74, 6) is -0.351. The van der Waals surface area contributed by atoms with Crippen molar-refractivity contribution in [2.24, 2.45) is 5.73 Å². The minimum Gasteiger partial charge on any atom is -0.364 e. The second-order valence-electron chi connectivity index (χ2n) is 9.57. The first kappa shape index (κ1) is 22.1. The van der Waals surface area contributed by atoms with Gasteiger partial charge in [-0.05, 0) is 74.2 Å². The number of likely N-dealkylation sites (tertiary alicyclic amines) is 2. The van der Waals surface area contributed by atoms with Gasteiger partial charge in [0.15, 0.2) is 0 Å². The van der Waals surface area contributed by atoms with Crippen molar-refractivity contribution in [1.82, 2.24) is 19.4 Å². The summed E-state index contributed by atoms with van der Waals surface area (Å²) in [6.45, 7) is 6.98. The van der Waals surface area contributed by atoms with Crippen LogP contribution in [-0.2, 0) is 0 Å². The van der Waals surface area contributed by atoms with Gasteiger partial charge in [-0.15, -0.1) is 0 Å². The van der Waals surface area contributed by atoms with Crippen molar-refractivity contribution in [3.63, 3.8) is 0 Å². The lowest BCUT2D eigenvalue weighted by Crippen LogP contribution is -2.40. The number of nitrogens with zero attached hydrogens (tertiary/aromatic N) is 4. The maximum atomic E-state index is 12.4. The predicted octanol–water partition coefficient (Wildman–Crippen LogP) is 4.32. The number of nitrogens with two attached hydrogens (primary N) is 1. The van der Waals surface area contributed by atoms with E-state index < -0.39 is 0 Å². The van der Waals surface area contributed by atoms with Crippen molar-refractivity contribution in [2.75, 3.05) is 39.3 Å². The first-order valence-electron chi connectivity index (χ1n) is 12.5. The highest BCUT2D eigenvalue weighted by atomic mass is 16.1. The lowest BCUT2D eigenvalue weighted by Gasteiger charge is -2.35. The normalized spacial score (nSPS) is 19.0. The summed E-state index contributed by atoms with van der Waals surface area (Å²) < 4.78 is 2.22. The second-order valence-corrected chi connectivity index (χ2v) is 9.57. The smallest absolute Gasteiger partial charge is 0.265 e. The average molecular weight is 446 g/mol. The lowest BCUT2D eigenvalue weighted by atomic mass is 10.0. The van der Waals surface area contributed by atoms with Crippen LogP contribution in [0.5, 0.6) is 0 Å². The molecule has 33 heavy (non-hydrogen) atoms. The summed E-state index contributed by atoms with van der Waals surface area (Å²) in [5, 5.41) is 1.08. The minimum atomic E-state index is -0.351. The van der Waals surface area contributed by atoms with Crippen LogP contribution in [0.3, 0.4) is 0 Å². The molecule has 0 unspecified atom stereocenters. The first-order chi connectivity index (χ1) is 16.2. The topological polar surface area (TPSA) is 67.4 Å². The number of fused-ring (bicyclic) bond motifs is 1. The molecule has 2 aliphatic heterocycles. The van der Waals surface area contributed by atoms with Gasteiger partial charge in [0.25, 0.3) is 5.91 Å². The average Bonchev–Trinajstić information content (AvgIpc) is 3.05. The zero-order valence-corrected chi connectivity index (χ0v) is 19.5. The summed E-state index contributed by atoms with van der Waals surface area (Å²) in [5.41, 5.74) is 9.80.